The number of para-hydroxylation sites is 1. The van der Waals surface area contributed by atoms with E-state index >= 15 is 0 Å². The first kappa shape index (κ1) is 21.5. The van der Waals surface area contributed by atoms with Crippen LogP contribution in [-0.2, 0) is 9.53 Å². The van der Waals surface area contributed by atoms with Gasteiger partial charge in [-0.15, -0.1) is 0 Å². The number of amides is 3. The summed E-state index contributed by atoms with van der Waals surface area (Å²) in [6.07, 6.45) is 0. The van der Waals surface area contributed by atoms with Crippen molar-refractivity contribution in [2.45, 2.75) is 0 Å². The zero-order chi connectivity index (χ0) is 22.8. The Hall–Kier alpha value is -3.68. The molecule has 1 N–H and O–H groups in total. The number of fused-ring (bicyclic) bond motifs is 1. The second-order valence-corrected chi connectivity index (χ2v) is 7.63. The quantitative estimate of drug-likeness (QED) is 0.436. The molecule has 3 amide bonds. The molecule has 0 saturated carbocycles. The Balaban J connectivity index is 1.46. The Morgan fingerprint density at radius 3 is 2.28 bits per heavy atom. The summed E-state index contributed by atoms with van der Waals surface area (Å²) in [6, 6.07) is 16.9. The molecule has 3 aromatic carbocycles. The minimum atomic E-state index is -0.810. The fourth-order valence-electron chi connectivity index (χ4n) is 3.16. The molecule has 0 atom stereocenters. The fraction of sp³-hybridized carbons (Fsp3) is 0.0435. The Kier molecular flexibility index (Phi) is 5.94. The molecule has 1 aliphatic rings. The normalized spacial score (nSPS) is 12.5. The lowest BCUT2D eigenvalue weighted by Crippen LogP contribution is -2.29. The van der Waals surface area contributed by atoms with Crippen molar-refractivity contribution in [2.24, 2.45) is 0 Å². The number of anilines is 2. The van der Waals surface area contributed by atoms with E-state index in [1.54, 1.807) is 48.5 Å². The van der Waals surface area contributed by atoms with E-state index in [4.69, 9.17) is 27.9 Å². The standard InChI is InChI=1S/C23H14Cl2N2O5/c24-14-6-8-15(9-7-14)26-20(28)12-32-23(31)13-5-10-16-17(11-13)22(30)27(21(16)29)19-4-2-1-3-18(19)25/h1-11H,12H2,(H,26,28). The van der Waals surface area contributed by atoms with Gasteiger partial charge in [0.25, 0.3) is 17.7 Å². The molecule has 1 heterocycles. The number of esters is 1. The highest BCUT2D eigenvalue weighted by Gasteiger charge is 2.38. The third-order valence-electron chi connectivity index (χ3n) is 4.68. The lowest BCUT2D eigenvalue weighted by Gasteiger charge is -2.15. The van der Waals surface area contributed by atoms with Gasteiger partial charge in [-0.05, 0) is 54.6 Å². The predicted octanol–water partition coefficient (Wildman–Crippen LogP) is 4.59. The van der Waals surface area contributed by atoms with Gasteiger partial charge in [-0.3, -0.25) is 14.4 Å². The fourth-order valence-corrected chi connectivity index (χ4v) is 3.51. The molecule has 1 aliphatic heterocycles. The monoisotopic (exact) mass is 468 g/mol. The first-order chi connectivity index (χ1) is 15.3. The molecule has 0 saturated heterocycles. The number of carbonyl (C=O) groups is 4. The molecule has 32 heavy (non-hydrogen) atoms. The van der Waals surface area contributed by atoms with E-state index in [0.717, 1.165) is 4.90 Å². The number of carbonyl (C=O) groups excluding carboxylic acids is 4. The highest BCUT2D eigenvalue weighted by atomic mass is 35.5. The largest absolute Gasteiger partial charge is 0.452 e. The Labute approximate surface area is 192 Å². The number of imide groups is 1. The summed E-state index contributed by atoms with van der Waals surface area (Å²) >= 11 is 11.9. The maximum absolute atomic E-state index is 12.8. The Morgan fingerprint density at radius 2 is 1.56 bits per heavy atom. The average Bonchev–Trinajstić information content (AvgIpc) is 3.03. The van der Waals surface area contributed by atoms with Crippen LogP contribution in [0.3, 0.4) is 0 Å². The van der Waals surface area contributed by atoms with Crippen molar-refractivity contribution in [3.05, 3.63) is 93.5 Å². The van der Waals surface area contributed by atoms with Crippen molar-refractivity contribution >= 4 is 58.3 Å². The van der Waals surface area contributed by atoms with Gasteiger partial charge < -0.3 is 10.1 Å². The molecule has 7 nitrogen and oxygen atoms in total. The minimum Gasteiger partial charge on any atom is -0.452 e. The van der Waals surface area contributed by atoms with E-state index < -0.39 is 30.3 Å². The third kappa shape index (κ3) is 4.21. The Bertz CT molecular complexity index is 1260. The first-order valence-corrected chi connectivity index (χ1v) is 10.1. The Morgan fingerprint density at radius 1 is 0.875 bits per heavy atom. The van der Waals surface area contributed by atoms with Crippen molar-refractivity contribution in [1.82, 2.24) is 0 Å². The molecule has 4 rings (SSSR count). The summed E-state index contributed by atoms with van der Waals surface area (Å²) in [7, 11) is 0. The van der Waals surface area contributed by atoms with Gasteiger partial charge in [0.05, 0.1) is 27.4 Å². The van der Waals surface area contributed by atoms with Crippen LogP contribution < -0.4 is 10.2 Å². The zero-order valence-electron chi connectivity index (χ0n) is 16.3. The van der Waals surface area contributed by atoms with E-state index in [1.165, 1.54) is 18.2 Å². The number of hydrogen-bond acceptors (Lipinski definition) is 5. The first-order valence-electron chi connectivity index (χ1n) is 9.35. The zero-order valence-corrected chi connectivity index (χ0v) is 17.8. The number of nitrogens with one attached hydrogen (secondary N) is 1. The van der Waals surface area contributed by atoms with Gasteiger partial charge in [0, 0.05) is 10.7 Å². The molecule has 0 spiro atoms. The topological polar surface area (TPSA) is 92.8 Å². The second-order valence-electron chi connectivity index (χ2n) is 6.79. The number of rotatable bonds is 5. The van der Waals surface area contributed by atoms with Crippen LogP contribution in [0.15, 0.2) is 66.7 Å². The lowest BCUT2D eigenvalue weighted by molar-refractivity contribution is -0.119. The SMILES string of the molecule is O=C(COC(=O)c1ccc2c(c1)C(=O)N(c1ccccc1Cl)C2=O)Nc1ccc(Cl)cc1. The molecule has 0 radical (unpaired) electrons. The molecule has 0 bridgehead atoms. The maximum atomic E-state index is 12.8. The van der Waals surface area contributed by atoms with Crippen LogP contribution in [0, 0.1) is 0 Å². The molecular weight excluding hydrogens is 455 g/mol. The van der Waals surface area contributed by atoms with Gasteiger partial charge in [0.2, 0.25) is 0 Å². The van der Waals surface area contributed by atoms with Crippen LogP contribution in [0.1, 0.15) is 31.1 Å². The summed E-state index contributed by atoms with van der Waals surface area (Å²) in [5.74, 6) is -2.50. The van der Waals surface area contributed by atoms with Crippen LogP contribution in [0.4, 0.5) is 11.4 Å². The summed E-state index contributed by atoms with van der Waals surface area (Å²) < 4.78 is 5.03. The highest BCUT2D eigenvalue weighted by Crippen LogP contribution is 2.33. The van der Waals surface area contributed by atoms with Gasteiger partial charge in [0.1, 0.15) is 0 Å². The van der Waals surface area contributed by atoms with Gasteiger partial charge in [-0.2, -0.15) is 0 Å². The van der Waals surface area contributed by atoms with Crippen LogP contribution in [0.25, 0.3) is 0 Å². The molecule has 0 unspecified atom stereocenters. The van der Waals surface area contributed by atoms with Crippen LogP contribution in [0.2, 0.25) is 10.0 Å². The van der Waals surface area contributed by atoms with E-state index in [1.807, 2.05) is 0 Å². The molecule has 0 aromatic heterocycles. The highest BCUT2D eigenvalue weighted by molar-refractivity contribution is 6.39. The molecule has 0 fully saturated rings. The van der Waals surface area contributed by atoms with Crippen LogP contribution >= 0.6 is 23.2 Å². The van der Waals surface area contributed by atoms with Crippen molar-refractivity contribution in [3.8, 4) is 0 Å². The van der Waals surface area contributed by atoms with Crippen molar-refractivity contribution < 1.29 is 23.9 Å². The van der Waals surface area contributed by atoms with Gasteiger partial charge in [-0.25, -0.2) is 9.69 Å². The lowest BCUT2D eigenvalue weighted by atomic mass is 10.1. The van der Waals surface area contributed by atoms with Crippen molar-refractivity contribution in [1.29, 1.82) is 0 Å². The second kappa shape index (κ2) is 8.82. The smallest absolute Gasteiger partial charge is 0.338 e. The van der Waals surface area contributed by atoms with Gasteiger partial charge in [-0.1, -0.05) is 35.3 Å². The van der Waals surface area contributed by atoms with E-state index in [9.17, 15) is 19.2 Å². The molecule has 3 aromatic rings. The summed E-state index contributed by atoms with van der Waals surface area (Å²) in [5, 5.41) is 3.33. The van der Waals surface area contributed by atoms with Crippen LogP contribution in [0.5, 0.6) is 0 Å². The van der Waals surface area contributed by atoms with Gasteiger partial charge >= 0.3 is 5.97 Å². The van der Waals surface area contributed by atoms with Gasteiger partial charge in [0.15, 0.2) is 6.61 Å². The molecular formula is C23H14Cl2N2O5. The average molecular weight is 469 g/mol. The van der Waals surface area contributed by atoms with Crippen molar-refractivity contribution in [2.75, 3.05) is 16.8 Å². The summed E-state index contributed by atoms with van der Waals surface area (Å²) in [4.78, 5) is 50.9. The molecule has 160 valence electrons. The third-order valence-corrected chi connectivity index (χ3v) is 5.25. The molecule has 9 heteroatoms. The van der Waals surface area contributed by atoms with E-state index in [0.29, 0.717) is 10.7 Å². The number of hydrogen-bond donors (Lipinski definition) is 1. The van der Waals surface area contributed by atoms with Crippen molar-refractivity contribution in [3.63, 3.8) is 0 Å². The number of nitrogens with zero attached hydrogens (tertiary/aromatic N) is 1. The van der Waals surface area contributed by atoms with E-state index in [2.05, 4.69) is 5.32 Å². The van der Waals surface area contributed by atoms with Crippen LogP contribution in [-0.4, -0.2) is 30.3 Å². The minimum absolute atomic E-state index is 0.0326. The predicted molar refractivity (Wildman–Crippen MR) is 119 cm³/mol. The summed E-state index contributed by atoms with van der Waals surface area (Å²) in [5.41, 5.74) is 0.979. The van der Waals surface area contributed by atoms with E-state index in [-0.39, 0.29) is 27.4 Å². The number of halogens is 2. The number of ether oxygens (including phenoxy) is 1. The molecule has 0 aliphatic carbocycles. The maximum Gasteiger partial charge on any atom is 0.338 e. The number of benzene rings is 3. The summed E-state index contributed by atoms with van der Waals surface area (Å²) in [6.45, 7) is -0.531.